The molecule has 0 saturated heterocycles. The van der Waals surface area contributed by atoms with Gasteiger partial charge in [-0.1, -0.05) is 41.5 Å². The average molecular weight is 1270 g/mol. The second-order valence-corrected chi connectivity index (χ2v) is 24.6. The Morgan fingerprint density at radius 2 is 1.00 bits per heavy atom. The molecule has 6 N–H and O–H groups in total. The second kappa shape index (κ2) is 31.2. The lowest BCUT2D eigenvalue weighted by Gasteiger charge is -2.19. The lowest BCUT2D eigenvalue weighted by Crippen LogP contribution is -2.35. The van der Waals surface area contributed by atoms with Crippen LogP contribution in [0.15, 0.2) is 119 Å². The number of sulfonamides is 2. The number of anilines is 2. The van der Waals surface area contributed by atoms with Crippen molar-refractivity contribution in [3.63, 3.8) is 0 Å². The third-order valence-electron chi connectivity index (χ3n) is 13.1. The monoisotopic (exact) mass is 1270 g/mol. The van der Waals surface area contributed by atoms with Crippen LogP contribution in [0.25, 0.3) is 33.4 Å². The molecule has 0 atom stereocenters. The van der Waals surface area contributed by atoms with Crippen molar-refractivity contribution in [1.29, 1.82) is 0 Å². The van der Waals surface area contributed by atoms with Crippen molar-refractivity contribution in [2.75, 3.05) is 60.6 Å². The van der Waals surface area contributed by atoms with Crippen LogP contribution in [0.2, 0.25) is 0 Å². The predicted octanol–water partition coefficient (Wildman–Crippen LogP) is 10.0. The molecule has 0 aliphatic heterocycles. The van der Waals surface area contributed by atoms with Gasteiger partial charge in [-0.05, 0) is 134 Å². The highest BCUT2D eigenvalue weighted by Gasteiger charge is 2.26. The maximum absolute atomic E-state index is 14.5. The molecule has 5 heterocycles. The summed E-state index contributed by atoms with van der Waals surface area (Å²) < 4.78 is 110. The number of nitrogen functional groups attached to an aromatic ring is 1. The lowest BCUT2D eigenvalue weighted by molar-refractivity contribution is 0.256. The minimum atomic E-state index is -4.26. The number of methoxy groups -OCH3 is 3. The molecule has 0 bridgehead atoms. The summed E-state index contributed by atoms with van der Waals surface area (Å²) in [6.07, 6.45) is 6.21. The molecule has 3 aromatic carbocycles. The van der Waals surface area contributed by atoms with Gasteiger partial charge in [0, 0.05) is 98.5 Å². The van der Waals surface area contributed by atoms with Crippen molar-refractivity contribution >= 4 is 49.2 Å². The summed E-state index contributed by atoms with van der Waals surface area (Å²) in [7, 11) is 7.33. The molecule has 0 aliphatic rings. The third-order valence-corrected chi connectivity index (χ3v) is 15.1. The molecule has 23 nitrogen and oxygen atoms in total. The van der Waals surface area contributed by atoms with E-state index in [9.17, 15) is 39.6 Å². The number of amides is 2. The lowest BCUT2D eigenvalue weighted by atomic mass is 9.94. The van der Waals surface area contributed by atoms with E-state index in [1.54, 1.807) is 76.1 Å². The van der Waals surface area contributed by atoms with Crippen molar-refractivity contribution in [3.8, 4) is 51.0 Å². The van der Waals surface area contributed by atoms with Crippen LogP contribution >= 0.6 is 0 Å². The molecular weight excluding hydrogens is 1190 g/mol. The SMILES string of the molecule is CN(C)Cc1cc(S(N)(=O)=O)nn1C.COc1cc(-c2cc(F)cc(C(C)C)c2N)ccn1.COc1cc(-c2cc(F)cc(C(C)C)c2N=C=O)ccn1.COc1cc(-c2cc(F)cc(C(C)C)c2NC(=O)NS(=O)(=O)c2cc(CN(C)C)n(C)n2)ccn1. The Morgan fingerprint density at radius 3 is 1.42 bits per heavy atom. The number of hydrogen-bond acceptors (Lipinski definition) is 18. The summed E-state index contributed by atoms with van der Waals surface area (Å²) in [5.74, 6) is 0.0339. The van der Waals surface area contributed by atoms with Crippen molar-refractivity contribution in [1.82, 2.24) is 49.0 Å². The molecule has 0 fully saturated rings. The molecule has 0 spiro atoms. The maximum atomic E-state index is 14.5. The molecule has 0 aliphatic carbocycles. The van der Waals surface area contributed by atoms with E-state index >= 15 is 0 Å². The number of nitrogens with zero attached hydrogens (tertiary/aromatic N) is 10. The number of urea groups is 1. The van der Waals surface area contributed by atoms with Crippen LogP contribution in [-0.2, 0) is 52.0 Å². The number of benzene rings is 3. The Bertz CT molecular complexity index is 4060. The molecule has 5 aromatic heterocycles. The van der Waals surface area contributed by atoms with Gasteiger partial charge in [0.2, 0.25) is 23.7 Å². The molecule has 89 heavy (non-hydrogen) atoms. The number of ether oxygens (including phenoxy) is 3. The number of carbonyl (C=O) groups is 1. The first-order valence-electron chi connectivity index (χ1n) is 27.4. The first-order chi connectivity index (χ1) is 41.8. The van der Waals surface area contributed by atoms with E-state index in [-0.39, 0.29) is 45.1 Å². The van der Waals surface area contributed by atoms with Gasteiger partial charge in [0.1, 0.15) is 17.5 Å². The Kier molecular flexibility index (Phi) is 24.8. The highest BCUT2D eigenvalue weighted by atomic mass is 32.2. The first kappa shape index (κ1) is 70.7. The van der Waals surface area contributed by atoms with E-state index in [1.807, 2.05) is 84.3 Å². The van der Waals surface area contributed by atoms with Crippen LogP contribution < -0.4 is 35.1 Å². The number of halogens is 3. The van der Waals surface area contributed by atoms with Crippen molar-refractivity contribution in [2.24, 2.45) is 24.2 Å². The number of isocyanates is 1. The molecule has 0 radical (unpaired) electrons. The van der Waals surface area contributed by atoms with Crippen molar-refractivity contribution in [2.45, 2.75) is 82.4 Å². The van der Waals surface area contributed by atoms with Crippen LogP contribution in [0.3, 0.4) is 0 Å². The second-order valence-electron chi connectivity index (χ2n) is 21.5. The van der Waals surface area contributed by atoms with Crippen LogP contribution in [0.4, 0.5) is 35.0 Å². The zero-order valence-corrected chi connectivity index (χ0v) is 53.8. The molecule has 476 valence electrons. The Labute approximate surface area is 517 Å². The zero-order chi connectivity index (χ0) is 66.2. The van der Waals surface area contributed by atoms with Gasteiger partial charge in [-0.3, -0.25) is 9.36 Å². The number of nitrogens with two attached hydrogens (primary N) is 2. The normalized spacial score (nSPS) is 11.3. The highest BCUT2D eigenvalue weighted by Crippen LogP contribution is 2.40. The summed E-state index contributed by atoms with van der Waals surface area (Å²) in [6.45, 7) is 12.6. The maximum Gasteiger partial charge on any atom is 0.333 e. The minimum absolute atomic E-state index is 0.0234. The topological polar surface area (TPSA) is 299 Å². The van der Waals surface area contributed by atoms with E-state index in [0.29, 0.717) is 86.7 Å². The van der Waals surface area contributed by atoms with Crippen LogP contribution in [0.1, 0.15) is 87.4 Å². The van der Waals surface area contributed by atoms with Gasteiger partial charge in [0.05, 0.1) is 44.1 Å². The van der Waals surface area contributed by atoms with Crippen LogP contribution in [0.5, 0.6) is 17.6 Å². The van der Waals surface area contributed by atoms with Crippen LogP contribution in [0, 0.1) is 17.5 Å². The average Bonchev–Trinajstić information content (AvgIpc) is 2.03. The van der Waals surface area contributed by atoms with Gasteiger partial charge in [-0.2, -0.15) is 23.6 Å². The quantitative estimate of drug-likeness (QED) is 0.0353. The molecular formula is C61H75F3N14O9S2. The van der Waals surface area contributed by atoms with Crippen LogP contribution in [-0.4, -0.2) is 123 Å². The third kappa shape index (κ3) is 19.5. The van der Waals surface area contributed by atoms with Gasteiger partial charge >= 0.3 is 6.03 Å². The number of carbonyl (C=O) groups excluding carboxylic acids is 2. The molecule has 8 rings (SSSR count). The Morgan fingerprint density at radius 1 is 0.607 bits per heavy atom. The van der Waals surface area contributed by atoms with Gasteiger partial charge in [0.15, 0.2) is 10.1 Å². The number of rotatable bonds is 18. The van der Waals surface area contributed by atoms with Gasteiger partial charge < -0.3 is 35.1 Å². The molecule has 0 saturated carbocycles. The smallest absolute Gasteiger partial charge is 0.333 e. The van der Waals surface area contributed by atoms with E-state index in [1.165, 1.54) is 78.3 Å². The Balaban J connectivity index is 0.000000230. The number of aliphatic imine (C=N–C) groups is 1. The molecule has 2 amide bonds. The fourth-order valence-corrected chi connectivity index (χ4v) is 10.3. The summed E-state index contributed by atoms with van der Waals surface area (Å²) >= 11 is 0. The number of hydrogen-bond donors (Lipinski definition) is 4. The number of pyridine rings is 3. The standard InChI is InChI=1S/C23H29FN6O4S.C16H15FN2O2.C15H17FN2O.C7H14N4O2S/c1-14(2)18-10-16(24)11-19(15-7-8-25-20(9-15)34-6)22(18)26-23(31)28-35(32,33)21-12-17(13-29(3)4)30(5)27-21;1-10(2)13-7-12(17)8-14(16(13)19-9-20)11-4-5-18-15(6-11)21-3;1-9(2)12-7-11(16)8-13(15(12)17)10-4-5-18-14(6-10)19-3;1-10(2)5-6-4-7(9-11(6)3)14(8,12)13/h7-12,14H,13H2,1-6H3,(H2,26,28,31);4-8,10H,1-3H3;4-9H,17H2,1-3H3;4H,5H2,1-3H3,(H2,8,12,13). The van der Waals surface area contributed by atoms with E-state index < -0.39 is 31.9 Å². The van der Waals surface area contributed by atoms with Gasteiger partial charge in [-0.15, -0.1) is 0 Å². The molecule has 28 heteroatoms. The van der Waals surface area contributed by atoms with Gasteiger partial charge in [-0.25, -0.2) is 56.0 Å². The molecule has 8 aromatic rings. The summed E-state index contributed by atoms with van der Waals surface area (Å²) in [5.41, 5.74) is 14.4. The number of aryl methyl sites for hydroxylation is 2. The molecule has 0 unspecified atom stereocenters. The number of aromatic nitrogens is 7. The van der Waals surface area contributed by atoms with E-state index in [4.69, 9.17) is 25.1 Å². The predicted molar refractivity (Wildman–Crippen MR) is 335 cm³/mol. The minimum Gasteiger partial charge on any atom is -0.481 e. The zero-order valence-electron chi connectivity index (χ0n) is 52.2. The highest BCUT2D eigenvalue weighted by molar-refractivity contribution is 7.90. The summed E-state index contributed by atoms with van der Waals surface area (Å²) in [6, 6.07) is 20.3. The van der Waals surface area contributed by atoms with Crippen molar-refractivity contribution < 1.29 is 53.8 Å². The summed E-state index contributed by atoms with van der Waals surface area (Å²) in [5, 5.41) is 15.0. The fraction of sp³-hybridized carbons (Fsp3) is 0.328. The Hall–Kier alpha value is -9.05. The number of nitrogens with one attached hydrogen (secondary N) is 2. The van der Waals surface area contributed by atoms with Gasteiger partial charge in [0.25, 0.3) is 20.0 Å². The largest absolute Gasteiger partial charge is 0.481 e. The summed E-state index contributed by atoms with van der Waals surface area (Å²) in [4.78, 5) is 43.2. The fourth-order valence-electron chi connectivity index (χ4n) is 8.80. The first-order valence-corrected chi connectivity index (χ1v) is 30.4. The number of primary sulfonamides is 1. The van der Waals surface area contributed by atoms with Crippen molar-refractivity contribution in [3.05, 3.63) is 149 Å². The van der Waals surface area contributed by atoms with E-state index in [2.05, 4.69) is 35.5 Å². The van der Waals surface area contributed by atoms with E-state index in [0.717, 1.165) is 16.8 Å².